The van der Waals surface area contributed by atoms with Crippen molar-refractivity contribution in [1.29, 1.82) is 0 Å². The van der Waals surface area contributed by atoms with E-state index in [1.807, 2.05) is 0 Å². The largest absolute Gasteiger partial charge is 0.416 e. The summed E-state index contributed by atoms with van der Waals surface area (Å²) in [5, 5.41) is 2.58. The third-order valence-corrected chi connectivity index (χ3v) is 2.90. The van der Waals surface area contributed by atoms with Gasteiger partial charge in [-0.2, -0.15) is 13.2 Å². The van der Waals surface area contributed by atoms with E-state index in [1.54, 1.807) is 6.92 Å². The van der Waals surface area contributed by atoms with E-state index < -0.39 is 23.5 Å². The topological polar surface area (TPSA) is 29.1 Å². The standard InChI is InChI=1S/C12H11F4NO/c1-11(2-3-11)17-10(18)7-4-8(12(14,15)16)6-9(13)5-7/h4-6H,2-3H2,1H3,(H,17,18). The number of hydrogen-bond donors (Lipinski definition) is 1. The molecule has 0 heterocycles. The van der Waals surface area contributed by atoms with Crippen LogP contribution in [0.15, 0.2) is 18.2 Å². The molecule has 0 saturated heterocycles. The number of benzene rings is 1. The predicted molar refractivity (Wildman–Crippen MR) is 56.5 cm³/mol. The van der Waals surface area contributed by atoms with Crippen LogP contribution in [0.25, 0.3) is 0 Å². The normalized spacial score (nSPS) is 17.4. The van der Waals surface area contributed by atoms with Gasteiger partial charge in [0.25, 0.3) is 5.91 Å². The highest BCUT2D eigenvalue weighted by Crippen LogP contribution is 2.35. The first-order chi connectivity index (χ1) is 8.20. The first kappa shape index (κ1) is 12.9. The molecule has 1 aliphatic rings. The summed E-state index contributed by atoms with van der Waals surface area (Å²) in [7, 11) is 0. The van der Waals surface area contributed by atoms with Crippen LogP contribution in [0.4, 0.5) is 17.6 Å². The van der Waals surface area contributed by atoms with Crippen LogP contribution in [-0.4, -0.2) is 11.4 Å². The molecule has 1 saturated carbocycles. The van der Waals surface area contributed by atoms with Crippen molar-refractivity contribution in [3.8, 4) is 0 Å². The Labute approximate surface area is 101 Å². The Morgan fingerprint density at radius 1 is 1.28 bits per heavy atom. The van der Waals surface area contributed by atoms with Gasteiger partial charge in [0.1, 0.15) is 5.82 Å². The minimum Gasteiger partial charge on any atom is -0.347 e. The van der Waals surface area contributed by atoms with Crippen molar-refractivity contribution >= 4 is 5.91 Å². The zero-order chi connectivity index (χ0) is 13.6. The molecule has 0 bridgehead atoms. The Kier molecular flexibility index (Phi) is 2.83. The molecule has 1 N–H and O–H groups in total. The summed E-state index contributed by atoms with van der Waals surface area (Å²) in [6.45, 7) is 1.79. The van der Waals surface area contributed by atoms with Crippen LogP contribution in [-0.2, 0) is 6.18 Å². The van der Waals surface area contributed by atoms with E-state index in [-0.39, 0.29) is 11.1 Å². The number of alkyl halides is 3. The van der Waals surface area contributed by atoms with E-state index in [1.165, 1.54) is 0 Å². The lowest BCUT2D eigenvalue weighted by Crippen LogP contribution is -2.34. The molecule has 1 aromatic carbocycles. The number of rotatable bonds is 2. The first-order valence-corrected chi connectivity index (χ1v) is 5.40. The molecule has 0 radical (unpaired) electrons. The van der Waals surface area contributed by atoms with E-state index in [0.29, 0.717) is 12.1 Å². The number of nitrogens with one attached hydrogen (secondary N) is 1. The smallest absolute Gasteiger partial charge is 0.347 e. The van der Waals surface area contributed by atoms with Gasteiger partial charge in [-0.05, 0) is 38.0 Å². The predicted octanol–water partition coefficient (Wildman–Crippen LogP) is 3.13. The van der Waals surface area contributed by atoms with Crippen LogP contribution in [0.3, 0.4) is 0 Å². The zero-order valence-corrected chi connectivity index (χ0v) is 9.57. The number of carbonyl (C=O) groups excluding carboxylic acids is 1. The van der Waals surface area contributed by atoms with E-state index in [4.69, 9.17) is 0 Å². The van der Waals surface area contributed by atoms with Crippen LogP contribution >= 0.6 is 0 Å². The second-order valence-corrected chi connectivity index (χ2v) is 4.74. The van der Waals surface area contributed by atoms with E-state index in [9.17, 15) is 22.4 Å². The first-order valence-electron chi connectivity index (χ1n) is 5.40. The fourth-order valence-electron chi connectivity index (χ4n) is 1.54. The summed E-state index contributed by atoms with van der Waals surface area (Å²) >= 11 is 0. The fourth-order valence-corrected chi connectivity index (χ4v) is 1.54. The summed E-state index contributed by atoms with van der Waals surface area (Å²) in [5.74, 6) is -1.75. The lowest BCUT2D eigenvalue weighted by atomic mass is 10.1. The maximum absolute atomic E-state index is 13.1. The Morgan fingerprint density at radius 3 is 2.39 bits per heavy atom. The summed E-state index contributed by atoms with van der Waals surface area (Å²) in [5.41, 5.74) is -1.83. The molecule has 0 atom stereocenters. The average Bonchev–Trinajstić information content (AvgIpc) is 2.93. The monoisotopic (exact) mass is 261 g/mol. The molecule has 0 spiro atoms. The molecule has 0 aliphatic heterocycles. The minimum absolute atomic E-state index is 0.310. The highest BCUT2D eigenvalue weighted by atomic mass is 19.4. The van der Waals surface area contributed by atoms with Gasteiger partial charge in [0.2, 0.25) is 0 Å². The molecule has 6 heteroatoms. The Balaban J connectivity index is 2.27. The molecular formula is C12H11F4NO. The molecule has 98 valence electrons. The van der Waals surface area contributed by atoms with Crippen molar-refractivity contribution in [2.24, 2.45) is 0 Å². The van der Waals surface area contributed by atoms with Crippen molar-refractivity contribution in [3.63, 3.8) is 0 Å². The molecule has 1 aliphatic carbocycles. The second kappa shape index (κ2) is 3.96. The Bertz CT molecular complexity index is 491. The van der Waals surface area contributed by atoms with Gasteiger partial charge >= 0.3 is 6.18 Å². The summed E-state index contributed by atoms with van der Waals surface area (Å²) in [4.78, 5) is 11.7. The van der Waals surface area contributed by atoms with Gasteiger partial charge in [0.15, 0.2) is 0 Å². The average molecular weight is 261 g/mol. The van der Waals surface area contributed by atoms with E-state index in [2.05, 4.69) is 5.32 Å². The van der Waals surface area contributed by atoms with Crippen LogP contribution in [0, 0.1) is 5.82 Å². The maximum Gasteiger partial charge on any atom is 0.416 e. The molecule has 1 amide bonds. The van der Waals surface area contributed by atoms with Gasteiger partial charge in [-0.1, -0.05) is 0 Å². The van der Waals surface area contributed by atoms with Crippen LogP contribution in [0.2, 0.25) is 0 Å². The van der Waals surface area contributed by atoms with Gasteiger partial charge in [0, 0.05) is 11.1 Å². The maximum atomic E-state index is 13.1. The van der Waals surface area contributed by atoms with Crippen LogP contribution < -0.4 is 5.32 Å². The van der Waals surface area contributed by atoms with Gasteiger partial charge in [-0.15, -0.1) is 0 Å². The second-order valence-electron chi connectivity index (χ2n) is 4.74. The lowest BCUT2D eigenvalue weighted by molar-refractivity contribution is -0.137. The summed E-state index contributed by atoms with van der Waals surface area (Å²) < 4.78 is 50.5. The van der Waals surface area contributed by atoms with E-state index >= 15 is 0 Å². The van der Waals surface area contributed by atoms with Crippen molar-refractivity contribution < 1.29 is 22.4 Å². The van der Waals surface area contributed by atoms with Crippen molar-refractivity contribution in [3.05, 3.63) is 35.1 Å². The third-order valence-electron chi connectivity index (χ3n) is 2.90. The van der Waals surface area contributed by atoms with Crippen molar-refractivity contribution in [2.45, 2.75) is 31.5 Å². The molecule has 18 heavy (non-hydrogen) atoms. The lowest BCUT2D eigenvalue weighted by Gasteiger charge is -2.13. The summed E-state index contributed by atoms with van der Waals surface area (Å²) in [6, 6.07) is 1.83. The Hall–Kier alpha value is -1.59. The van der Waals surface area contributed by atoms with Crippen LogP contribution in [0.5, 0.6) is 0 Å². The number of hydrogen-bond acceptors (Lipinski definition) is 1. The molecule has 1 aromatic rings. The van der Waals surface area contributed by atoms with E-state index in [0.717, 1.165) is 18.9 Å². The summed E-state index contributed by atoms with van der Waals surface area (Å²) in [6.07, 6.45) is -3.11. The number of carbonyl (C=O) groups is 1. The minimum atomic E-state index is -4.67. The SMILES string of the molecule is CC1(NC(=O)c2cc(F)cc(C(F)(F)F)c2)CC1. The van der Waals surface area contributed by atoms with Gasteiger partial charge in [-0.3, -0.25) is 4.79 Å². The van der Waals surface area contributed by atoms with Crippen molar-refractivity contribution in [2.75, 3.05) is 0 Å². The highest BCUT2D eigenvalue weighted by Gasteiger charge is 2.39. The number of amides is 1. The fraction of sp³-hybridized carbons (Fsp3) is 0.417. The number of halogens is 4. The Morgan fingerprint density at radius 2 is 1.89 bits per heavy atom. The molecule has 2 rings (SSSR count). The van der Waals surface area contributed by atoms with Crippen LogP contribution in [0.1, 0.15) is 35.7 Å². The molecule has 1 fully saturated rings. The molecule has 0 unspecified atom stereocenters. The molecular weight excluding hydrogens is 250 g/mol. The third kappa shape index (κ3) is 2.80. The molecule has 0 aromatic heterocycles. The van der Waals surface area contributed by atoms with Gasteiger partial charge in [0.05, 0.1) is 5.56 Å². The van der Waals surface area contributed by atoms with Gasteiger partial charge in [-0.25, -0.2) is 4.39 Å². The zero-order valence-electron chi connectivity index (χ0n) is 9.57. The van der Waals surface area contributed by atoms with Crippen molar-refractivity contribution in [1.82, 2.24) is 5.32 Å². The quantitative estimate of drug-likeness (QED) is 0.814. The molecule has 2 nitrogen and oxygen atoms in total. The van der Waals surface area contributed by atoms with Gasteiger partial charge < -0.3 is 5.32 Å². The highest BCUT2D eigenvalue weighted by molar-refractivity contribution is 5.95.